The number of carboxylic acids is 1. The molecule has 0 saturated carbocycles. The molecule has 2 aliphatic heterocycles. The van der Waals surface area contributed by atoms with Gasteiger partial charge in [-0.3, -0.25) is 13.9 Å². The van der Waals surface area contributed by atoms with E-state index in [0.29, 0.717) is 6.29 Å². The molecule has 0 aliphatic carbocycles. The lowest BCUT2D eigenvalue weighted by Gasteiger charge is -2.46. The molecule has 0 bridgehead atoms. The summed E-state index contributed by atoms with van der Waals surface area (Å²) in [5.74, 6) is -6.40. The second-order valence-corrected chi connectivity index (χ2v) is 11.3. The molecule has 0 radical (unpaired) electrons. The Bertz CT molecular complexity index is 1300. The molecule has 248 valence electrons. The van der Waals surface area contributed by atoms with Gasteiger partial charge in [0.1, 0.15) is 48.7 Å². The number of rotatable bonds is 14. The minimum absolute atomic E-state index is 0.146. The first-order chi connectivity index (χ1) is 20.6. The number of phosphoric acid groups is 1. The van der Waals surface area contributed by atoms with Crippen LogP contribution in [0.25, 0.3) is 0 Å². The number of aromatic nitrogens is 2. The summed E-state index contributed by atoms with van der Waals surface area (Å²) in [5.41, 5.74) is 4.46. The fourth-order valence-corrected chi connectivity index (χ4v) is 5.49. The molecule has 2 aliphatic rings. The van der Waals surface area contributed by atoms with Crippen molar-refractivity contribution in [1.82, 2.24) is 14.9 Å². The summed E-state index contributed by atoms with van der Waals surface area (Å²) >= 11 is 0. The molecule has 1 aromatic rings. The summed E-state index contributed by atoms with van der Waals surface area (Å²) in [6.45, 7) is -2.14. The highest BCUT2D eigenvalue weighted by molar-refractivity contribution is 7.47. The third-order valence-corrected chi connectivity index (χ3v) is 7.76. The van der Waals surface area contributed by atoms with Crippen LogP contribution in [-0.2, 0) is 37.5 Å². The molecular formula is C22H33N4O17P. The number of phosphoric ester groups is 1. The van der Waals surface area contributed by atoms with Gasteiger partial charge >= 0.3 is 19.5 Å². The summed E-state index contributed by atoms with van der Waals surface area (Å²) in [4.78, 5) is 61.0. The highest BCUT2D eigenvalue weighted by Crippen LogP contribution is 2.51. The van der Waals surface area contributed by atoms with Crippen LogP contribution in [-0.4, -0.2) is 136 Å². The zero-order valence-corrected chi connectivity index (χ0v) is 23.5. The first kappa shape index (κ1) is 35.6. The van der Waals surface area contributed by atoms with Crippen molar-refractivity contribution in [2.45, 2.75) is 80.0 Å². The second kappa shape index (κ2) is 14.5. The first-order valence-electron chi connectivity index (χ1n) is 12.9. The molecule has 9 unspecified atom stereocenters. The number of nitrogen functional groups attached to an aromatic ring is 1. The van der Waals surface area contributed by atoms with E-state index in [9.17, 15) is 64.4 Å². The summed E-state index contributed by atoms with van der Waals surface area (Å²) in [6, 6.07) is -0.481. The number of nitrogens with one attached hydrogen (secondary N) is 1. The maximum atomic E-state index is 12.9. The lowest BCUT2D eigenvalue weighted by molar-refractivity contribution is -0.289. The lowest BCUT2D eigenvalue weighted by Crippen LogP contribution is -2.67. The third-order valence-electron chi connectivity index (χ3n) is 6.76. The van der Waals surface area contributed by atoms with Crippen molar-refractivity contribution in [2.75, 3.05) is 18.9 Å². The van der Waals surface area contributed by atoms with Gasteiger partial charge in [-0.1, -0.05) is 0 Å². The van der Waals surface area contributed by atoms with Gasteiger partial charge in [0.05, 0.1) is 25.4 Å². The number of nitrogens with two attached hydrogens (primary N) is 1. The van der Waals surface area contributed by atoms with Crippen LogP contribution in [0.15, 0.2) is 17.1 Å². The van der Waals surface area contributed by atoms with Crippen molar-refractivity contribution < 1.29 is 78.1 Å². The number of aliphatic hydroxyl groups excluding tert-OH is 6. The topological polar surface area (TPSA) is 340 Å². The zero-order valence-electron chi connectivity index (χ0n) is 22.6. The number of carbonyl (C=O) groups excluding carboxylic acids is 2. The molecule has 11 atom stereocenters. The third kappa shape index (κ3) is 8.02. The Morgan fingerprint density at radius 3 is 2.57 bits per heavy atom. The van der Waals surface area contributed by atoms with Crippen LogP contribution in [0.1, 0.15) is 25.5 Å². The molecule has 2 saturated heterocycles. The van der Waals surface area contributed by atoms with Crippen molar-refractivity contribution in [3.8, 4) is 0 Å². The molecule has 11 N–H and O–H groups in total. The van der Waals surface area contributed by atoms with Gasteiger partial charge in [0.2, 0.25) is 5.91 Å². The van der Waals surface area contributed by atoms with E-state index in [1.54, 1.807) is 0 Å². The van der Waals surface area contributed by atoms with E-state index in [-0.39, 0.29) is 18.7 Å². The summed E-state index contributed by atoms with van der Waals surface area (Å²) < 4.78 is 33.9. The maximum Gasteiger partial charge on any atom is 0.475 e. The van der Waals surface area contributed by atoms with Crippen molar-refractivity contribution in [1.29, 1.82) is 0 Å². The van der Waals surface area contributed by atoms with Gasteiger partial charge in [-0.05, 0) is 6.07 Å². The summed E-state index contributed by atoms with van der Waals surface area (Å²) in [7, 11) is -5.57. The lowest BCUT2D eigenvalue weighted by atomic mass is 9.88. The normalized spacial score (nSPS) is 33.2. The number of nitrogens with zero attached hydrogens (tertiary/aromatic N) is 2. The number of aliphatic hydroxyl groups is 6. The molecular weight excluding hydrogens is 623 g/mol. The highest BCUT2D eigenvalue weighted by Gasteiger charge is 2.59. The quantitative estimate of drug-likeness (QED) is 0.0660. The van der Waals surface area contributed by atoms with Crippen LogP contribution < -0.4 is 16.7 Å². The standard InChI is InChI=1S/C22H33N4O17P/c23-12-3-4-26(21(37)24-12)19-17(34)16(33)11(41-19)8-40-44(38,39)43-22(20(35)36)6-9(29)14(25-13(31)2-1-5-27)18(42-22)15(32)10(30)7-28/h3-5,9-11,14-19,28-30,32-34H,1-2,6-8H2,(H,25,31)(H,35,36)(H,38,39)(H2,23,24,37)/t9?,10-,11?,14?,15-,16?,17?,18?,19?,22?/m1/s1. The van der Waals surface area contributed by atoms with Gasteiger partial charge < -0.3 is 66.0 Å². The Morgan fingerprint density at radius 2 is 1.98 bits per heavy atom. The number of carboxylic acid groups (broad SMARTS) is 1. The smallest absolute Gasteiger partial charge is 0.475 e. The molecule has 21 nitrogen and oxygen atoms in total. The van der Waals surface area contributed by atoms with Gasteiger partial charge in [0.25, 0.3) is 5.79 Å². The van der Waals surface area contributed by atoms with Crippen molar-refractivity contribution in [2.24, 2.45) is 0 Å². The number of aliphatic carboxylic acids is 1. The van der Waals surface area contributed by atoms with E-state index in [2.05, 4.69) is 10.3 Å². The molecule has 22 heteroatoms. The Hall–Kier alpha value is -2.92. The average Bonchev–Trinajstić information content (AvgIpc) is 3.23. The van der Waals surface area contributed by atoms with Crippen LogP contribution in [0, 0.1) is 0 Å². The Morgan fingerprint density at radius 1 is 1.30 bits per heavy atom. The Labute approximate surface area is 247 Å². The number of amides is 1. The van der Waals surface area contributed by atoms with Gasteiger partial charge in [-0.25, -0.2) is 18.7 Å². The monoisotopic (exact) mass is 656 g/mol. The fraction of sp³-hybridized carbons (Fsp3) is 0.682. The van der Waals surface area contributed by atoms with Gasteiger partial charge in [0.15, 0.2) is 6.23 Å². The minimum atomic E-state index is -5.57. The van der Waals surface area contributed by atoms with Gasteiger partial charge in [0, 0.05) is 25.5 Å². The number of aldehydes is 1. The highest BCUT2D eigenvalue weighted by atomic mass is 31.2. The average molecular weight is 656 g/mol. The number of ether oxygens (including phenoxy) is 2. The Kier molecular flexibility index (Phi) is 11.7. The maximum absolute atomic E-state index is 12.9. The predicted octanol–water partition coefficient (Wildman–Crippen LogP) is -5.31. The largest absolute Gasteiger partial charge is 0.477 e. The van der Waals surface area contributed by atoms with Crippen molar-refractivity contribution in [3.63, 3.8) is 0 Å². The zero-order chi connectivity index (χ0) is 33.0. The number of carbonyl (C=O) groups is 3. The van der Waals surface area contributed by atoms with Crippen LogP contribution >= 0.6 is 7.82 Å². The fourth-order valence-electron chi connectivity index (χ4n) is 4.53. The molecule has 0 spiro atoms. The number of hydrogen-bond acceptors (Lipinski definition) is 17. The first-order valence-corrected chi connectivity index (χ1v) is 14.4. The molecule has 1 amide bonds. The van der Waals surface area contributed by atoms with E-state index >= 15 is 0 Å². The number of anilines is 1. The van der Waals surface area contributed by atoms with E-state index in [4.69, 9.17) is 24.3 Å². The predicted molar refractivity (Wildman–Crippen MR) is 138 cm³/mol. The molecule has 1 aromatic heterocycles. The SMILES string of the molecule is Nc1ccn(C2OC(COP(=O)(O)OC3(C(=O)O)CC(O)C(NC(=O)CCC=O)C([C@H](O)[C@H](O)CO)O3)C(O)C2O)c(=O)n1. The second-order valence-electron chi connectivity index (χ2n) is 9.90. The Balaban J connectivity index is 1.79. The summed E-state index contributed by atoms with van der Waals surface area (Å²) in [6.07, 6.45) is -15.3. The van der Waals surface area contributed by atoms with Crippen molar-refractivity contribution in [3.05, 3.63) is 22.7 Å². The molecule has 3 heterocycles. The molecule has 3 rings (SSSR count). The van der Waals surface area contributed by atoms with E-state index < -0.39 is 106 Å². The van der Waals surface area contributed by atoms with Crippen LogP contribution in [0.4, 0.5) is 5.82 Å². The van der Waals surface area contributed by atoms with Crippen LogP contribution in [0.3, 0.4) is 0 Å². The van der Waals surface area contributed by atoms with Gasteiger partial charge in [-0.15, -0.1) is 0 Å². The molecule has 2 fully saturated rings. The van der Waals surface area contributed by atoms with Crippen molar-refractivity contribution >= 4 is 31.8 Å². The molecule has 44 heavy (non-hydrogen) atoms. The van der Waals surface area contributed by atoms with E-state index in [1.165, 1.54) is 6.07 Å². The summed E-state index contributed by atoms with van der Waals surface area (Å²) in [5, 5.41) is 73.3. The van der Waals surface area contributed by atoms with E-state index in [0.717, 1.165) is 10.8 Å². The van der Waals surface area contributed by atoms with E-state index in [1.807, 2.05) is 0 Å². The van der Waals surface area contributed by atoms with Crippen LogP contribution in [0.2, 0.25) is 0 Å². The van der Waals surface area contributed by atoms with Crippen LogP contribution in [0.5, 0.6) is 0 Å². The number of hydrogen-bond donors (Lipinski definition) is 10. The van der Waals surface area contributed by atoms with Gasteiger partial charge in [-0.2, -0.15) is 4.98 Å². The molecule has 0 aromatic carbocycles. The minimum Gasteiger partial charge on any atom is -0.477 e.